The molecule has 0 N–H and O–H groups in total. The summed E-state index contributed by atoms with van der Waals surface area (Å²) in [6.07, 6.45) is 5.58. The van der Waals surface area contributed by atoms with Crippen LogP contribution in [0.15, 0.2) is 274 Å². The number of para-hydroxylation sites is 4. The average molecular weight is 872 g/mol. The lowest BCUT2D eigenvalue weighted by atomic mass is 10.0. The Kier molecular flexibility index (Phi) is 11.4. The van der Waals surface area contributed by atoms with Crippen molar-refractivity contribution in [2.75, 3.05) is 4.90 Å². The van der Waals surface area contributed by atoms with Gasteiger partial charge in [-0.25, -0.2) is 0 Å². The molecule has 0 bridgehead atoms. The van der Waals surface area contributed by atoms with Gasteiger partial charge in [0.2, 0.25) is 0 Å². The Morgan fingerprint density at radius 3 is 1.43 bits per heavy atom. The lowest BCUT2D eigenvalue weighted by Crippen LogP contribution is -2.11. The Labute approximate surface area is 398 Å². The highest BCUT2D eigenvalue weighted by Crippen LogP contribution is 2.44. The molecule has 12 aromatic rings. The predicted molar refractivity (Wildman–Crippen MR) is 291 cm³/mol. The highest BCUT2D eigenvalue weighted by Gasteiger charge is 2.21. The van der Waals surface area contributed by atoms with E-state index in [1.54, 1.807) is 6.08 Å². The topological polar surface area (TPSA) is 13.1 Å². The van der Waals surface area contributed by atoms with Crippen molar-refractivity contribution in [3.63, 3.8) is 0 Å². The van der Waals surface area contributed by atoms with E-state index in [0.717, 1.165) is 34.0 Å². The molecule has 0 amide bonds. The van der Waals surface area contributed by atoms with E-state index in [1.165, 1.54) is 71.4 Å². The van der Waals surface area contributed by atoms with E-state index in [-0.39, 0.29) is 0 Å². The quantitative estimate of drug-likeness (QED) is 0.132. The van der Waals surface area contributed by atoms with Gasteiger partial charge in [0.15, 0.2) is 0 Å². The summed E-state index contributed by atoms with van der Waals surface area (Å²) in [5.41, 5.74) is 17.5. The second-order valence-electron chi connectivity index (χ2n) is 16.9. The number of nitrogens with zero attached hydrogens (tertiary/aromatic N) is 3. The minimum atomic E-state index is 1.09. The number of fused-ring (bicyclic) bond motifs is 7. The summed E-state index contributed by atoms with van der Waals surface area (Å²) in [6, 6.07) is 89.9. The molecule has 2 aromatic heterocycles. The lowest BCUT2D eigenvalue weighted by Gasteiger charge is -2.28. The van der Waals surface area contributed by atoms with Crippen molar-refractivity contribution in [2.24, 2.45) is 0 Å². The van der Waals surface area contributed by atoms with Crippen LogP contribution in [0.3, 0.4) is 0 Å². The summed E-state index contributed by atoms with van der Waals surface area (Å²) in [4.78, 5) is 2.38. The van der Waals surface area contributed by atoms with Crippen LogP contribution in [0.5, 0.6) is 0 Å². The Hall–Kier alpha value is -8.92. The molecule has 10 aromatic carbocycles. The molecule has 0 spiro atoms. The van der Waals surface area contributed by atoms with Crippen LogP contribution in [0.1, 0.15) is 6.92 Å². The van der Waals surface area contributed by atoms with Gasteiger partial charge < -0.3 is 14.0 Å². The van der Waals surface area contributed by atoms with Gasteiger partial charge in [0.1, 0.15) is 0 Å². The van der Waals surface area contributed by atoms with Crippen molar-refractivity contribution in [3.8, 4) is 44.8 Å². The molecule has 68 heavy (non-hydrogen) atoms. The van der Waals surface area contributed by atoms with Gasteiger partial charge in [-0.15, -0.1) is 0 Å². The molecular weight excluding hydrogens is 823 g/mol. The van der Waals surface area contributed by atoms with Gasteiger partial charge in [0.25, 0.3) is 0 Å². The molecule has 0 radical (unpaired) electrons. The van der Waals surface area contributed by atoms with Gasteiger partial charge in [0, 0.05) is 49.9 Å². The number of rotatable bonds is 9. The molecule has 0 saturated carbocycles. The number of aromatic nitrogens is 2. The predicted octanol–water partition coefficient (Wildman–Crippen LogP) is 18.1. The first-order valence-electron chi connectivity index (χ1n) is 23.3. The Morgan fingerprint density at radius 1 is 0.368 bits per heavy atom. The fourth-order valence-corrected chi connectivity index (χ4v) is 9.77. The zero-order valence-electron chi connectivity index (χ0n) is 38.0. The van der Waals surface area contributed by atoms with Crippen LogP contribution < -0.4 is 4.90 Å². The molecule has 0 atom stereocenters. The van der Waals surface area contributed by atoms with Crippen LogP contribution in [0.2, 0.25) is 0 Å². The highest BCUT2D eigenvalue weighted by atomic mass is 15.1. The maximum Gasteiger partial charge on any atom is 0.0641 e. The van der Waals surface area contributed by atoms with Crippen molar-refractivity contribution in [1.82, 2.24) is 9.13 Å². The van der Waals surface area contributed by atoms with Crippen molar-refractivity contribution < 1.29 is 0 Å². The van der Waals surface area contributed by atoms with Gasteiger partial charge in [-0.3, -0.25) is 0 Å². The van der Waals surface area contributed by atoms with Gasteiger partial charge in [0.05, 0.1) is 27.8 Å². The van der Waals surface area contributed by atoms with Crippen molar-refractivity contribution >= 4 is 60.7 Å². The second-order valence-corrected chi connectivity index (χ2v) is 16.9. The average Bonchev–Trinajstić information content (AvgIpc) is 3.94. The summed E-state index contributed by atoms with van der Waals surface area (Å²) in [7, 11) is 0. The first kappa shape index (κ1) is 41.8. The smallest absolute Gasteiger partial charge is 0.0641 e. The van der Waals surface area contributed by atoms with Crippen LogP contribution in [-0.4, -0.2) is 9.13 Å². The van der Waals surface area contributed by atoms with Crippen molar-refractivity contribution in [2.45, 2.75) is 6.92 Å². The van der Waals surface area contributed by atoms with E-state index in [0.29, 0.717) is 0 Å². The van der Waals surface area contributed by atoms with E-state index in [2.05, 4.69) is 269 Å². The molecule has 3 heteroatoms. The van der Waals surface area contributed by atoms with Gasteiger partial charge >= 0.3 is 0 Å². The highest BCUT2D eigenvalue weighted by molar-refractivity contribution is 6.26. The minimum absolute atomic E-state index is 1.09. The number of hydrogen-bond donors (Lipinski definition) is 0. The Balaban J connectivity index is 0.000000966. The Morgan fingerprint density at radius 2 is 0.838 bits per heavy atom. The van der Waals surface area contributed by atoms with E-state index >= 15 is 0 Å². The molecule has 0 aliphatic carbocycles. The number of allylic oxidation sites excluding steroid dienone is 3. The summed E-state index contributed by atoms with van der Waals surface area (Å²) in [5.74, 6) is 0. The van der Waals surface area contributed by atoms with Crippen molar-refractivity contribution in [1.29, 1.82) is 0 Å². The normalized spacial score (nSPS) is 11.3. The van der Waals surface area contributed by atoms with Gasteiger partial charge in [-0.1, -0.05) is 201 Å². The summed E-state index contributed by atoms with van der Waals surface area (Å²) < 4.78 is 4.87. The third-order valence-electron chi connectivity index (χ3n) is 12.9. The molecule has 0 aliphatic rings. The monoisotopic (exact) mass is 871 g/mol. The van der Waals surface area contributed by atoms with Crippen LogP contribution >= 0.6 is 0 Å². The van der Waals surface area contributed by atoms with Crippen LogP contribution in [-0.2, 0) is 0 Å². The largest absolute Gasteiger partial charge is 0.310 e. The Bertz CT molecular complexity index is 3710. The summed E-state index contributed by atoms with van der Waals surface area (Å²) in [6.45, 7) is 5.42. The maximum atomic E-state index is 3.46. The molecule has 12 rings (SSSR count). The van der Waals surface area contributed by atoms with E-state index < -0.39 is 0 Å². The van der Waals surface area contributed by atoms with E-state index in [4.69, 9.17) is 0 Å². The van der Waals surface area contributed by atoms with Crippen molar-refractivity contribution in [3.05, 3.63) is 274 Å². The van der Waals surface area contributed by atoms with Crippen LogP contribution in [0, 0.1) is 0 Å². The number of benzene rings is 10. The molecule has 0 saturated heterocycles. The first-order valence-corrected chi connectivity index (χ1v) is 23.3. The molecule has 3 nitrogen and oxygen atoms in total. The molecule has 0 aliphatic heterocycles. The molecule has 2 heterocycles. The van der Waals surface area contributed by atoms with E-state index in [1.807, 2.05) is 19.1 Å². The lowest BCUT2D eigenvalue weighted by molar-refractivity contribution is 1.17. The fraction of sp³-hybridized carbons (Fsp3) is 0.0154. The third-order valence-corrected chi connectivity index (χ3v) is 12.9. The molecular formula is C65H49N3. The maximum absolute atomic E-state index is 3.46. The minimum Gasteiger partial charge on any atom is -0.310 e. The zero-order chi connectivity index (χ0) is 45.8. The standard InChI is InChI=1S/C60H41N3.C5H8/c1-4-16-42(17-5-1)43-28-34-48(35-29-43)61(55-25-13-10-22-51(55)46-18-6-2-7-19-46)49-36-30-44(31-37-49)45-32-38-50(39-33-45)63-56-26-14-11-23-52(56)53-40-41-58-59(60(53)63)54-24-12-15-27-57(54)62(58)47-20-8-3-9-21-47;1-3-5-4-2/h1-41H;3-5H,1H2,2H3/b;5-4-. The van der Waals surface area contributed by atoms with Crippen LogP contribution in [0.4, 0.5) is 17.1 Å². The SMILES string of the molecule is C=C/C=C\C.c1ccc(-c2ccc(N(c3ccc(-c4ccc(-n5c6ccccc6c6ccc7c(c8ccccc8n7-c7ccccc7)c65)cc4)cc3)c3ccccc3-c3ccccc3)cc2)cc1. The molecule has 0 fully saturated rings. The molecule has 324 valence electrons. The number of anilines is 3. The second kappa shape index (κ2) is 18.5. The van der Waals surface area contributed by atoms with Gasteiger partial charge in [-0.2, -0.15) is 0 Å². The third kappa shape index (κ3) is 7.66. The number of hydrogen-bond acceptors (Lipinski definition) is 1. The zero-order valence-corrected chi connectivity index (χ0v) is 38.0. The fourth-order valence-electron chi connectivity index (χ4n) is 9.77. The first-order chi connectivity index (χ1) is 33.7. The van der Waals surface area contributed by atoms with E-state index in [9.17, 15) is 0 Å². The summed E-state index contributed by atoms with van der Waals surface area (Å²) in [5, 5.41) is 5.01. The summed E-state index contributed by atoms with van der Waals surface area (Å²) >= 11 is 0. The van der Waals surface area contributed by atoms with Crippen LogP contribution in [0.25, 0.3) is 88.4 Å². The van der Waals surface area contributed by atoms with Gasteiger partial charge in [-0.05, 0) is 108 Å². The molecule has 0 unspecified atom stereocenters.